The molecule has 0 spiro atoms. The van der Waals surface area contributed by atoms with E-state index in [1.807, 2.05) is 66.9 Å². The van der Waals surface area contributed by atoms with E-state index >= 15 is 0 Å². The molecule has 2 aromatic carbocycles. The molecule has 0 saturated heterocycles. The van der Waals surface area contributed by atoms with Gasteiger partial charge in [0.15, 0.2) is 11.2 Å². The van der Waals surface area contributed by atoms with Crippen molar-refractivity contribution in [1.29, 1.82) is 0 Å². The second kappa shape index (κ2) is 7.28. The van der Waals surface area contributed by atoms with Crippen LogP contribution in [0.2, 0.25) is 0 Å². The van der Waals surface area contributed by atoms with Gasteiger partial charge < -0.3 is 4.57 Å². The summed E-state index contributed by atoms with van der Waals surface area (Å²) in [6.45, 7) is 0.587. The first kappa shape index (κ1) is 18.9. The number of hydrogen-bond acceptors (Lipinski definition) is 3. The van der Waals surface area contributed by atoms with E-state index in [9.17, 15) is 9.59 Å². The molecule has 0 aliphatic rings. The normalized spacial score (nSPS) is 11.8. The predicted molar refractivity (Wildman–Crippen MR) is 122 cm³/mol. The number of aryl methyl sites for hydroxylation is 1. The summed E-state index contributed by atoms with van der Waals surface area (Å²) in [7, 11) is 3.12. The number of fused-ring (bicyclic) bond motifs is 3. The van der Waals surface area contributed by atoms with Crippen LogP contribution in [0, 0.1) is 0 Å². The van der Waals surface area contributed by atoms with E-state index in [0.717, 1.165) is 21.4 Å². The van der Waals surface area contributed by atoms with Crippen LogP contribution in [0.15, 0.2) is 76.4 Å². The summed E-state index contributed by atoms with van der Waals surface area (Å²) in [4.78, 5) is 30.0. The van der Waals surface area contributed by atoms with Gasteiger partial charge in [-0.25, -0.2) is 4.79 Å². The smallest absolute Gasteiger partial charge is 0.306 e. The average molecular weight is 411 g/mol. The largest absolute Gasteiger partial charge is 0.332 e. The summed E-state index contributed by atoms with van der Waals surface area (Å²) in [5, 5.41) is 0. The third-order valence-corrected chi connectivity index (χ3v) is 5.52. The fourth-order valence-corrected chi connectivity index (χ4v) is 3.84. The highest BCUT2D eigenvalue weighted by Crippen LogP contribution is 2.20. The average Bonchev–Trinajstić information content (AvgIpc) is 3.33. The van der Waals surface area contributed by atoms with Crippen molar-refractivity contribution in [3.8, 4) is 0 Å². The highest BCUT2D eigenvalue weighted by Gasteiger charge is 2.19. The van der Waals surface area contributed by atoms with Gasteiger partial charge in [-0.1, -0.05) is 66.7 Å². The van der Waals surface area contributed by atoms with Gasteiger partial charge in [-0.05, 0) is 17.2 Å². The van der Waals surface area contributed by atoms with Crippen molar-refractivity contribution in [2.45, 2.75) is 6.54 Å². The first-order valence-corrected chi connectivity index (χ1v) is 9.99. The fraction of sp³-hybridized carbons (Fsp3) is 0.125. The predicted octanol–water partition coefficient (Wildman–Crippen LogP) is 2.91. The zero-order valence-electron chi connectivity index (χ0n) is 17.3. The zero-order valence-corrected chi connectivity index (χ0v) is 17.3. The zero-order chi connectivity index (χ0) is 21.5. The van der Waals surface area contributed by atoms with Gasteiger partial charge in [0.2, 0.25) is 5.78 Å². The van der Waals surface area contributed by atoms with Crippen molar-refractivity contribution in [3.63, 3.8) is 0 Å². The van der Waals surface area contributed by atoms with E-state index < -0.39 is 5.69 Å². The minimum atomic E-state index is -0.392. The first-order valence-electron chi connectivity index (χ1n) is 9.99. The molecule has 0 N–H and O–H groups in total. The number of nitrogens with zero attached hydrogens (tertiary/aromatic N) is 5. The molecule has 0 amide bonds. The van der Waals surface area contributed by atoms with Crippen molar-refractivity contribution in [3.05, 3.63) is 105 Å². The van der Waals surface area contributed by atoms with Gasteiger partial charge in [0.1, 0.15) is 0 Å². The summed E-state index contributed by atoms with van der Waals surface area (Å²) >= 11 is 0. The lowest BCUT2D eigenvalue weighted by Gasteiger charge is -2.06. The van der Waals surface area contributed by atoms with Gasteiger partial charge in [0.05, 0.1) is 12.2 Å². The van der Waals surface area contributed by atoms with Gasteiger partial charge in [0.25, 0.3) is 5.56 Å². The van der Waals surface area contributed by atoms with E-state index in [0.29, 0.717) is 23.5 Å². The maximum Gasteiger partial charge on any atom is 0.332 e. The molecule has 31 heavy (non-hydrogen) atoms. The van der Waals surface area contributed by atoms with Gasteiger partial charge in [-0.3, -0.25) is 18.3 Å². The molecule has 7 heteroatoms. The topological polar surface area (TPSA) is 66.2 Å². The van der Waals surface area contributed by atoms with Crippen LogP contribution >= 0.6 is 0 Å². The molecule has 3 aromatic heterocycles. The van der Waals surface area contributed by atoms with E-state index in [1.54, 1.807) is 11.4 Å². The molecule has 5 aromatic rings. The van der Waals surface area contributed by atoms with Crippen LogP contribution in [0.25, 0.3) is 29.1 Å². The highest BCUT2D eigenvalue weighted by molar-refractivity contribution is 5.78. The Kier molecular flexibility index (Phi) is 4.43. The molecular weight excluding hydrogens is 390 g/mol. The molecule has 7 nitrogen and oxygen atoms in total. The Labute approximate surface area is 177 Å². The maximum absolute atomic E-state index is 12.9. The van der Waals surface area contributed by atoms with Crippen molar-refractivity contribution in [2.75, 3.05) is 0 Å². The molecule has 0 atom stereocenters. The number of rotatable bonds is 4. The molecule has 0 saturated carbocycles. The number of aromatic nitrogens is 5. The highest BCUT2D eigenvalue weighted by atomic mass is 16.2. The van der Waals surface area contributed by atoms with Gasteiger partial charge >= 0.3 is 5.69 Å². The Balaban J connectivity index is 1.77. The molecule has 0 aliphatic heterocycles. The van der Waals surface area contributed by atoms with Gasteiger partial charge in [-0.15, -0.1) is 0 Å². The lowest BCUT2D eigenvalue weighted by Crippen LogP contribution is -2.37. The summed E-state index contributed by atoms with van der Waals surface area (Å²) in [6.07, 6.45) is 5.95. The van der Waals surface area contributed by atoms with Crippen molar-refractivity contribution >= 4 is 29.1 Å². The van der Waals surface area contributed by atoms with Crippen LogP contribution in [-0.2, 0) is 20.6 Å². The van der Waals surface area contributed by atoms with E-state index in [4.69, 9.17) is 4.98 Å². The molecule has 154 valence electrons. The van der Waals surface area contributed by atoms with Crippen LogP contribution in [-0.4, -0.2) is 23.1 Å². The molecular formula is C24H21N5O2. The Hall–Kier alpha value is -4.13. The van der Waals surface area contributed by atoms with Crippen molar-refractivity contribution < 1.29 is 0 Å². The van der Waals surface area contributed by atoms with Crippen LogP contribution in [0.4, 0.5) is 0 Å². The summed E-state index contributed by atoms with van der Waals surface area (Å²) in [5.74, 6) is 0.616. The Morgan fingerprint density at radius 1 is 0.871 bits per heavy atom. The maximum atomic E-state index is 12.9. The number of imidazole rings is 2. The first-order chi connectivity index (χ1) is 15.0. The van der Waals surface area contributed by atoms with Gasteiger partial charge in [-0.2, -0.15) is 4.98 Å². The SMILES string of the molecule is Cn1c(=O)c2c(nc3n(Cc4ccccc4)c(C=Cc4ccccc4)cn23)n(C)c1=O. The molecule has 0 radical (unpaired) electrons. The van der Waals surface area contributed by atoms with Gasteiger partial charge in [0, 0.05) is 20.3 Å². The Morgan fingerprint density at radius 3 is 2.26 bits per heavy atom. The van der Waals surface area contributed by atoms with Crippen molar-refractivity contribution in [1.82, 2.24) is 23.1 Å². The Morgan fingerprint density at radius 2 is 1.55 bits per heavy atom. The summed E-state index contributed by atoms with van der Waals surface area (Å²) in [6, 6.07) is 20.1. The second-order valence-corrected chi connectivity index (χ2v) is 7.53. The third kappa shape index (κ3) is 3.11. The lowest BCUT2D eigenvalue weighted by molar-refractivity contribution is 0.707. The minimum absolute atomic E-state index is 0.360. The lowest BCUT2D eigenvalue weighted by atomic mass is 10.2. The molecule has 5 rings (SSSR count). The quantitative estimate of drug-likeness (QED) is 0.457. The molecule has 0 fully saturated rings. The monoisotopic (exact) mass is 411 g/mol. The minimum Gasteiger partial charge on any atom is -0.306 e. The molecule has 0 aliphatic carbocycles. The standard InChI is InChI=1S/C24H21N5O2/c1-26-21-20(22(30)27(2)24(26)31)29-16-19(14-13-17-9-5-3-6-10-17)28(23(29)25-21)15-18-11-7-4-8-12-18/h3-14,16H,15H2,1-2H3. The van der Waals surface area contributed by atoms with E-state index in [-0.39, 0.29) is 5.56 Å². The molecule has 0 unspecified atom stereocenters. The molecule has 0 bridgehead atoms. The summed E-state index contributed by atoms with van der Waals surface area (Å²) < 4.78 is 6.37. The van der Waals surface area contributed by atoms with Crippen LogP contribution < -0.4 is 11.2 Å². The Bertz CT molecular complexity index is 1550. The number of hydrogen-bond donors (Lipinski definition) is 0. The van der Waals surface area contributed by atoms with Crippen LogP contribution in [0.5, 0.6) is 0 Å². The van der Waals surface area contributed by atoms with Crippen molar-refractivity contribution in [2.24, 2.45) is 14.1 Å². The molecule has 3 heterocycles. The third-order valence-electron chi connectivity index (χ3n) is 5.52. The number of benzene rings is 2. The van der Waals surface area contributed by atoms with Crippen LogP contribution in [0.1, 0.15) is 16.8 Å². The van der Waals surface area contributed by atoms with E-state index in [1.165, 1.54) is 11.6 Å². The fourth-order valence-electron chi connectivity index (χ4n) is 3.84. The van der Waals surface area contributed by atoms with E-state index in [2.05, 4.69) is 16.7 Å². The summed E-state index contributed by atoms with van der Waals surface area (Å²) in [5.41, 5.74) is 3.12. The van der Waals surface area contributed by atoms with Crippen LogP contribution in [0.3, 0.4) is 0 Å². The second-order valence-electron chi connectivity index (χ2n) is 7.53.